The number of esters is 4. The second kappa shape index (κ2) is 16.7. The molecule has 0 bridgehead atoms. The minimum atomic E-state index is -0.599. The van der Waals surface area contributed by atoms with E-state index in [1.807, 2.05) is 0 Å². The Bertz CT molecular complexity index is 1380. The molecule has 10 nitrogen and oxygen atoms in total. The summed E-state index contributed by atoms with van der Waals surface area (Å²) >= 11 is 0. The zero-order valence-corrected chi connectivity index (χ0v) is 23.5. The molecule has 1 aliphatic carbocycles. The van der Waals surface area contributed by atoms with Crippen LogP contribution in [-0.4, -0.2) is 50.3 Å². The molecule has 0 heterocycles. The summed E-state index contributed by atoms with van der Waals surface area (Å²) in [5.74, 6) is -0.852. The minimum Gasteiger partial charge on any atom is -0.493 e. The van der Waals surface area contributed by atoms with Crippen molar-refractivity contribution in [2.24, 2.45) is 0 Å². The van der Waals surface area contributed by atoms with E-state index >= 15 is 0 Å². The van der Waals surface area contributed by atoms with Gasteiger partial charge >= 0.3 is 23.9 Å². The fourth-order valence-corrected chi connectivity index (χ4v) is 3.38. The summed E-state index contributed by atoms with van der Waals surface area (Å²) in [5, 5.41) is 0. The molecule has 0 aromatic heterocycles. The Morgan fingerprint density at radius 1 is 0.698 bits per heavy atom. The maximum atomic E-state index is 12.6. The molecule has 10 heteroatoms. The highest BCUT2D eigenvalue weighted by molar-refractivity contribution is 5.91. The standard InChI is InChI=1S/C33H31O10/c1-4-30(34)40-20-6-18-38-26-12-8-24(9-13-26)32(36)42-28-16-17-29(23(3)22-28)43-33(37)25-10-14-27(15-11-25)39-19-7-21-41-31(35)5-2/h4-5,8-17,22H,1-3,6-7,18-21H2/q-1. The zero-order chi connectivity index (χ0) is 31.0. The van der Waals surface area contributed by atoms with Gasteiger partial charge in [-0.2, -0.15) is 6.58 Å². The van der Waals surface area contributed by atoms with Crippen LogP contribution in [0, 0.1) is 6.10 Å². The molecule has 0 spiro atoms. The molecule has 0 aliphatic heterocycles. The highest BCUT2D eigenvalue weighted by Crippen LogP contribution is 2.27. The molecule has 0 saturated carbocycles. The van der Waals surface area contributed by atoms with Crippen LogP contribution in [0.25, 0.3) is 0 Å². The summed E-state index contributed by atoms with van der Waals surface area (Å²) in [6, 6.07) is 12.8. The van der Waals surface area contributed by atoms with E-state index in [0.717, 1.165) is 12.2 Å². The van der Waals surface area contributed by atoms with Crippen molar-refractivity contribution < 1.29 is 47.6 Å². The van der Waals surface area contributed by atoms with E-state index in [2.05, 4.69) is 19.7 Å². The predicted molar refractivity (Wildman–Crippen MR) is 156 cm³/mol. The van der Waals surface area contributed by atoms with Crippen LogP contribution in [0.4, 0.5) is 0 Å². The van der Waals surface area contributed by atoms with E-state index < -0.39 is 23.9 Å². The van der Waals surface area contributed by atoms with Gasteiger partial charge in [0.1, 0.15) is 11.5 Å². The molecule has 0 N–H and O–H groups in total. The van der Waals surface area contributed by atoms with Gasteiger partial charge in [0.2, 0.25) is 0 Å². The Hall–Kier alpha value is -5.51. The molecule has 0 saturated heterocycles. The van der Waals surface area contributed by atoms with Crippen molar-refractivity contribution >= 4 is 23.9 Å². The van der Waals surface area contributed by atoms with E-state index in [-0.39, 0.29) is 25.1 Å². The quantitative estimate of drug-likeness (QED) is 0.0847. The molecule has 224 valence electrons. The van der Waals surface area contributed by atoms with Crippen molar-refractivity contribution in [3.05, 3.63) is 127 Å². The highest BCUT2D eigenvalue weighted by atomic mass is 16.6. The Balaban J connectivity index is 1.41. The summed E-state index contributed by atoms with van der Waals surface area (Å²) in [5.41, 5.74) is 0.945. The topological polar surface area (TPSA) is 124 Å². The van der Waals surface area contributed by atoms with Crippen LogP contribution in [0.2, 0.25) is 0 Å². The first-order valence-electron chi connectivity index (χ1n) is 13.2. The van der Waals surface area contributed by atoms with Gasteiger partial charge < -0.3 is 28.4 Å². The third-order valence-corrected chi connectivity index (χ3v) is 5.56. The first-order valence-corrected chi connectivity index (χ1v) is 13.2. The molecule has 2 aromatic rings. The number of carbonyl (C=O) groups is 4. The van der Waals surface area contributed by atoms with Gasteiger partial charge in [-0.1, -0.05) is 31.4 Å². The van der Waals surface area contributed by atoms with Gasteiger partial charge in [-0.15, -0.1) is 5.57 Å². The number of ether oxygens (including phenoxy) is 6. The number of rotatable bonds is 16. The third-order valence-electron chi connectivity index (χ3n) is 5.56. The van der Waals surface area contributed by atoms with E-state index in [9.17, 15) is 19.2 Å². The van der Waals surface area contributed by atoms with Crippen molar-refractivity contribution in [2.45, 2.75) is 12.8 Å². The second-order valence-corrected chi connectivity index (χ2v) is 8.74. The Morgan fingerprint density at radius 3 is 1.65 bits per heavy atom. The maximum absolute atomic E-state index is 12.6. The van der Waals surface area contributed by atoms with E-state index in [1.165, 1.54) is 18.2 Å². The van der Waals surface area contributed by atoms with Crippen LogP contribution < -0.4 is 9.47 Å². The summed E-state index contributed by atoms with van der Waals surface area (Å²) in [4.78, 5) is 47.2. The van der Waals surface area contributed by atoms with Crippen LogP contribution in [0.15, 0.2) is 110 Å². The lowest BCUT2D eigenvalue weighted by atomic mass is 10.1. The molecule has 43 heavy (non-hydrogen) atoms. The Kier molecular flexibility index (Phi) is 12.4. The third kappa shape index (κ3) is 10.8. The molecule has 0 radical (unpaired) electrons. The molecule has 2 aromatic carbocycles. The molecule has 0 atom stereocenters. The largest absolute Gasteiger partial charge is 0.493 e. The lowest BCUT2D eigenvalue weighted by molar-refractivity contribution is -0.138. The average molecular weight is 588 g/mol. The number of hydrogen-bond acceptors (Lipinski definition) is 10. The van der Waals surface area contributed by atoms with Gasteiger partial charge in [-0.25, -0.2) is 19.2 Å². The van der Waals surface area contributed by atoms with Crippen LogP contribution in [0.1, 0.15) is 33.6 Å². The normalized spacial score (nSPS) is 12.0. The first-order chi connectivity index (χ1) is 20.8. The van der Waals surface area contributed by atoms with Crippen LogP contribution in [0.3, 0.4) is 0 Å². The van der Waals surface area contributed by atoms with Crippen molar-refractivity contribution in [1.82, 2.24) is 0 Å². The fraction of sp³-hybridized carbons (Fsp3) is 0.182. The molecule has 0 amide bonds. The van der Waals surface area contributed by atoms with E-state index in [1.54, 1.807) is 48.5 Å². The summed E-state index contributed by atoms with van der Waals surface area (Å²) in [6.07, 6.45) is 7.87. The SMILES string of the molecule is C=CC(=O)OCCCOc1ccc(C(=O)OC2=CC(=C)[C-](OC(=O)c3ccc(OCCCOC(=O)C=C)cc3)C=C2)cc1. The number of carbonyl (C=O) groups excluding carboxylic acids is 4. The smallest absolute Gasteiger partial charge is 0.341 e. The lowest BCUT2D eigenvalue weighted by Crippen LogP contribution is -2.14. The fourth-order valence-electron chi connectivity index (χ4n) is 3.38. The summed E-state index contributed by atoms with van der Waals surface area (Å²) in [6.45, 7) is 11.6. The van der Waals surface area contributed by atoms with Crippen LogP contribution in [-0.2, 0) is 28.5 Å². The predicted octanol–water partition coefficient (Wildman–Crippen LogP) is 5.24. The number of allylic oxidation sites excluding steroid dienone is 1. The van der Waals surface area contributed by atoms with Crippen molar-refractivity contribution in [3.63, 3.8) is 0 Å². The van der Waals surface area contributed by atoms with Gasteiger partial charge in [-0.3, -0.25) is 0 Å². The zero-order valence-electron chi connectivity index (χ0n) is 23.5. The van der Waals surface area contributed by atoms with Crippen molar-refractivity contribution in [1.29, 1.82) is 0 Å². The molecule has 0 fully saturated rings. The molecular formula is C33H31O10-. The average Bonchev–Trinajstić information content (AvgIpc) is 3.02. The first kappa shape index (κ1) is 32.0. The van der Waals surface area contributed by atoms with Gasteiger partial charge in [0.25, 0.3) is 0 Å². The summed E-state index contributed by atoms with van der Waals surface area (Å²) < 4.78 is 31.8. The molecule has 0 unspecified atom stereocenters. The van der Waals surface area contributed by atoms with Gasteiger partial charge in [-0.05, 0) is 48.5 Å². The lowest BCUT2D eigenvalue weighted by Gasteiger charge is -2.25. The van der Waals surface area contributed by atoms with E-state index in [0.29, 0.717) is 54.3 Å². The van der Waals surface area contributed by atoms with Gasteiger partial charge in [0.15, 0.2) is 0 Å². The molecule has 1 aliphatic rings. The number of benzene rings is 2. The Morgan fingerprint density at radius 2 is 1.19 bits per heavy atom. The number of hydrogen-bond donors (Lipinski definition) is 0. The van der Waals surface area contributed by atoms with Crippen LogP contribution in [0.5, 0.6) is 11.5 Å². The van der Waals surface area contributed by atoms with E-state index in [4.69, 9.17) is 28.4 Å². The highest BCUT2D eigenvalue weighted by Gasteiger charge is 2.16. The van der Waals surface area contributed by atoms with Crippen molar-refractivity contribution in [3.8, 4) is 11.5 Å². The monoisotopic (exact) mass is 587 g/mol. The summed E-state index contributed by atoms with van der Waals surface area (Å²) in [7, 11) is 0. The Labute approximate surface area is 249 Å². The minimum absolute atomic E-state index is 0.208. The van der Waals surface area contributed by atoms with Crippen molar-refractivity contribution in [2.75, 3.05) is 26.4 Å². The van der Waals surface area contributed by atoms with Crippen LogP contribution >= 0.6 is 0 Å². The maximum Gasteiger partial charge on any atom is 0.341 e. The van der Waals surface area contributed by atoms with Gasteiger partial charge in [0, 0.05) is 31.1 Å². The molecular weight excluding hydrogens is 556 g/mol. The second-order valence-electron chi connectivity index (χ2n) is 8.74. The molecule has 3 rings (SSSR count). The van der Waals surface area contributed by atoms with Gasteiger partial charge in [0.05, 0.1) is 43.3 Å².